The van der Waals surface area contributed by atoms with E-state index in [9.17, 15) is 4.79 Å². The minimum absolute atomic E-state index is 0.0562. The average Bonchev–Trinajstić information content (AvgIpc) is 2.94. The summed E-state index contributed by atoms with van der Waals surface area (Å²) in [6.07, 6.45) is 3.82. The number of ether oxygens (including phenoxy) is 3. The van der Waals surface area contributed by atoms with Gasteiger partial charge in [-0.1, -0.05) is 12.8 Å². The SMILES string of the molecule is CCOC(=O)C1OC12CCCCC2OC. The van der Waals surface area contributed by atoms with E-state index in [2.05, 4.69) is 0 Å². The number of hydrogen-bond acceptors (Lipinski definition) is 4. The Bertz CT molecular complexity index is 253. The van der Waals surface area contributed by atoms with Crippen molar-refractivity contribution in [1.82, 2.24) is 0 Å². The maximum Gasteiger partial charge on any atom is 0.338 e. The summed E-state index contributed by atoms with van der Waals surface area (Å²) in [5.41, 5.74) is -0.362. The normalized spacial score (nSPS) is 39.1. The molecule has 15 heavy (non-hydrogen) atoms. The molecular formula is C11H18O4. The third-order valence-electron chi connectivity index (χ3n) is 3.34. The van der Waals surface area contributed by atoms with E-state index in [1.165, 1.54) is 0 Å². The van der Waals surface area contributed by atoms with Crippen LogP contribution in [0, 0.1) is 0 Å². The van der Waals surface area contributed by atoms with Crippen LogP contribution in [-0.2, 0) is 19.0 Å². The first kappa shape index (κ1) is 10.9. The van der Waals surface area contributed by atoms with Crippen LogP contribution in [0.5, 0.6) is 0 Å². The van der Waals surface area contributed by atoms with Gasteiger partial charge in [0.25, 0.3) is 0 Å². The Labute approximate surface area is 89.9 Å². The molecule has 1 heterocycles. The molecule has 0 N–H and O–H groups in total. The molecule has 1 saturated heterocycles. The minimum atomic E-state index is -0.386. The fraction of sp³-hybridized carbons (Fsp3) is 0.909. The summed E-state index contributed by atoms with van der Waals surface area (Å²) in [5, 5.41) is 0. The number of methoxy groups -OCH3 is 1. The lowest BCUT2D eigenvalue weighted by atomic mass is 9.83. The maximum absolute atomic E-state index is 11.5. The van der Waals surface area contributed by atoms with Gasteiger partial charge in [-0.3, -0.25) is 0 Å². The van der Waals surface area contributed by atoms with Crippen molar-refractivity contribution in [2.75, 3.05) is 13.7 Å². The summed E-state index contributed by atoms with van der Waals surface area (Å²) >= 11 is 0. The van der Waals surface area contributed by atoms with Gasteiger partial charge in [0, 0.05) is 7.11 Å². The second kappa shape index (κ2) is 4.10. The van der Waals surface area contributed by atoms with Gasteiger partial charge in [0.1, 0.15) is 5.60 Å². The van der Waals surface area contributed by atoms with Crippen molar-refractivity contribution in [3.63, 3.8) is 0 Å². The Morgan fingerprint density at radius 1 is 1.53 bits per heavy atom. The van der Waals surface area contributed by atoms with Crippen LogP contribution in [0.2, 0.25) is 0 Å². The van der Waals surface area contributed by atoms with E-state index in [0.29, 0.717) is 6.61 Å². The van der Waals surface area contributed by atoms with Gasteiger partial charge in [0.15, 0.2) is 6.10 Å². The van der Waals surface area contributed by atoms with Gasteiger partial charge >= 0.3 is 5.97 Å². The van der Waals surface area contributed by atoms with Crippen molar-refractivity contribution >= 4 is 5.97 Å². The van der Waals surface area contributed by atoms with Crippen molar-refractivity contribution in [3.05, 3.63) is 0 Å². The molecule has 4 heteroatoms. The monoisotopic (exact) mass is 214 g/mol. The third-order valence-corrected chi connectivity index (χ3v) is 3.34. The van der Waals surface area contributed by atoms with Gasteiger partial charge in [0.05, 0.1) is 12.7 Å². The molecule has 0 aromatic rings. The van der Waals surface area contributed by atoms with E-state index in [1.54, 1.807) is 7.11 Å². The topological polar surface area (TPSA) is 48.1 Å². The van der Waals surface area contributed by atoms with Gasteiger partial charge < -0.3 is 14.2 Å². The molecule has 0 bridgehead atoms. The minimum Gasteiger partial charge on any atom is -0.464 e. The van der Waals surface area contributed by atoms with Crippen molar-refractivity contribution in [1.29, 1.82) is 0 Å². The molecule has 0 radical (unpaired) electrons. The van der Waals surface area contributed by atoms with E-state index in [1.807, 2.05) is 6.92 Å². The summed E-state index contributed by atoms with van der Waals surface area (Å²) in [6, 6.07) is 0. The number of rotatable bonds is 3. The molecule has 2 fully saturated rings. The quantitative estimate of drug-likeness (QED) is 0.524. The molecule has 86 valence electrons. The Morgan fingerprint density at radius 2 is 2.33 bits per heavy atom. The zero-order valence-corrected chi connectivity index (χ0v) is 9.32. The summed E-state index contributed by atoms with van der Waals surface area (Å²) in [4.78, 5) is 11.5. The first-order valence-electron chi connectivity index (χ1n) is 5.62. The van der Waals surface area contributed by atoms with E-state index in [4.69, 9.17) is 14.2 Å². The summed E-state index contributed by atoms with van der Waals surface area (Å²) in [7, 11) is 1.68. The molecule has 3 atom stereocenters. The van der Waals surface area contributed by atoms with Gasteiger partial charge in [-0.05, 0) is 19.8 Å². The summed E-state index contributed by atoms with van der Waals surface area (Å²) < 4.78 is 15.9. The highest BCUT2D eigenvalue weighted by Gasteiger charge is 2.66. The largest absolute Gasteiger partial charge is 0.464 e. The van der Waals surface area contributed by atoms with Crippen molar-refractivity contribution < 1.29 is 19.0 Å². The van der Waals surface area contributed by atoms with Crippen LogP contribution in [-0.4, -0.2) is 37.5 Å². The van der Waals surface area contributed by atoms with Crippen LogP contribution in [0.1, 0.15) is 32.6 Å². The van der Waals surface area contributed by atoms with Crippen LogP contribution >= 0.6 is 0 Å². The number of esters is 1. The lowest BCUT2D eigenvalue weighted by Gasteiger charge is -2.27. The van der Waals surface area contributed by atoms with Crippen LogP contribution in [0.4, 0.5) is 0 Å². The van der Waals surface area contributed by atoms with Crippen LogP contribution in [0.3, 0.4) is 0 Å². The lowest BCUT2D eigenvalue weighted by Crippen LogP contribution is -2.39. The first-order valence-corrected chi connectivity index (χ1v) is 5.62. The maximum atomic E-state index is 11.5. The van der Waals surface area contributed by atoms with Gasteiger partial charge in [-0.25, -0.2) is 4.79 Å². The molecule has 0 amide bonds. The Hall–Kier alpha value is -0.610. The molecule has 3 unspecified atom stereocenters. The van der Waals surface area contributed by atoms with Crippen molar-refractivity contribution in [2.24, 2.45) is 0 Å². The molecule has 0 aromatic heterocycles. The second-order valence-electron chi connectivity index (χ2n) is 4.18. The molecule has 0 aromatic carbocycles. The molecular weight excluding hydrogens is 196 g/mol. The lowest BCUT2D eigenvalue weighted by molar-refractivity contribution is -0.144. The highest BCUT2D eigenvalue weighted by molar-refractivity contribution is 5.79. The van der Waals surface area contributed by atoms with Crippen LogP contribution in [0.25, 0.3) is 0 Å². The molecule has 1 aliphatic heterocycles. The third kappa shape index (κ3) is 1.76. The fourth-order valence-corrected chi connectivity index (χ4v) is 2.54. The van der Waals surface area contributed by atoms with Crippen LogP contribution < -0.4 is 0 Å². The Balaban J connectivity index is 2.00. The highest BCUT2D eigenvalue weighted by Crippen LogP contribution is 2.49. The summed E-state index contributed by atoms with van der Waals surface area (Å²) in [5.74, 6) is -0.235. The van der Waals surface area contributed by atoms with Crippen LogP contribution in [0.15, 0.2) is 0 Å². The Morgan fingerprint density at radius 3 is 3.00 bits per heavy atom. The number of carbonyl (C=O) groups is 1. The zero-order chi connectivity index (χ0) is 10.9. The number of epoxide rings is 1. The molecule has 2 aliphatic rings. The van der Waals surface area contributed by atoms with E-state index < -0.39 is 0 Å². The van der Waals surface area contributed by atoms with Crippen molar-refractivity contribution in [3.8, 4) is 0 Å². The standard InChI is InChI=1S/C11H18O4/c1-3-14-10(12)9-11(15-9)7-5-4-6-8(11)13-2/h8-9H,3-7H2,1-2H3. The molecule has 2 rings (SSSR count). The van der Waals surface area contributed by atoms with Crippen molar-refractivity contribution in [2.45, 2.75) is 50.4 Å². The Kier molecular flexibility index (Phi) is 2.98. The first-order chi connectivity index (χ1) is 7.24. The fourth-order valence-electron chi connectivity index (χ4n) is 2.54. The second-order valence-corrected chi connectivity index (χ2v) is 4.18. The summed E-state index contributed by atoms with van der Waals surface area (Å²) in [6.45, 7) is 2.22. The van der Waals surface area contributed by atoms with Gasteiger partial charge in [-0.15, -0.1) is 0 Å². The van der Waals surface area contributed by atoms with E-state index in [0.717, 1.165) is 25.7 Å². The van der Waals surface area contributed by atoms with Gasteiger partial charge in [0.2, 0.25) is 0 Å². The predicted molar refractivity (Wildman–Crippen MR) is 53.5 cm³/mol. The molecule has 1 saturated carbocycles. The number of hydrogen-bond donors (Lipinski definition) is 0. The van der Waals surface area contributed by atoms with Gasteiger partial charge in [-0.2, -0.15) is 0 Å². The molecule has 1 spiro atoms. The smallest absolute Gasteiger partial charge is 0.338 e. The van der Waals surface area contributed by atoms with E-state index >= 15 is 0 Å². The molecule has 1 aliphatic carbocycles. The van der Waals surface area contributed by atoms with E-state index in [-0.39, 0.29) is 23.8 Å². The number of carbonyl (C=O) groups excluding carboxylic acids is 1. The average molecular weight is 214 g/mol. The molecule has 4 nitrogen and oxygen atoms in total. The highest BCUT2D eigenvalue weighted by atomic mass is 16.7. The zero-order valence-electron chi connectivity index (χ0n) is 9.32. The predicted octanol–water partition coefficient (Wildman–Crippen LogP) is 1.28.